The lowest BCUT2D eigenvalue weighted by Gasteiger charge is -2.10. The molecule has 1 aromatic carbocycles. The first-order valence-corrected chi connectivity index (χ1v) is 7.34. The highest BCUT2D eigenvalue weighted by Crippen LogP contribution is 2.18. The molecule has 0 atom stereocenters. The van der Waals surface area contributed by atoms with E-state index in [4.69, 9.17) is 15.2 Å². The second-order valence-electron chi connectivity index (χ2n) is 4.61. The first kappa shape index (κ1) is 16.5. The number of carbonyl (C=O) groups excluding carboxylic acids is 1. The Morgan fingerprint density at radius 1 is 1.20 bits per heavy atom. The zero-order chi connectivity index (χ0) is 14.6. The van der Waals surface area contributed by atoms with Crippen LogP contribution in [0.15, 0.2) is 24.3 Å². The average molecular weight is 279 g/mol. The number of para-hydroxylation sites is 1. The van der Waals surface area contributed by atoms with Crippen LogP contribution in [-0.4, -0.2) is 25.7 Å². The maximum Gasteiger partial charge on any atom is 0.305 e. The van der Waals surface area contributed by atoms with Crippen LogP contribution in [0.2, 0.25) is 0 Å². The summed E-state index contributed by atoms with van der Waals surface area (Å²) >= 11 is 0. The number of esters is 1. The molecule has 1 rings (SSSR count). The van der Waals surface area contributed by atoms with Crippen LogP contribution in [-0.2, 0) is 16.0 Å². The monoisotopic (exact) mass is 279 g/mol. The molecule has 0 spiro atoms. The van der Waals surface area contributed by atoms with Crippen LogP contribution in [0.4, 0.5) is 0 Å². The molecule has 1 aromatic rings. The lowest BCUT2D eigenvalue weighted by atomic mass is 10.1. The molecule has 0 bridgehead atoms. The molecule has 20 heavy (non-hydrogen) atoms. The number of carbonyl (C=O) groups is 1. The second-order valence-corrected chi connectivity index (χ2v) is 4.61. The van der Waals surface area contributed by atoms with Gasteiger partial charge in [0.2, 0.25) is 0 Å². The molecule has 112 valence electrons. The average Bonchev–Trinajstić information content (AvgIpc) is 2.45. The molecule has 0 saturated carbocycles. The van der Waals surface area contributed by atoms with E-state index < -0.39 is 0 Å². The lowest BCUT2D eigenvalue weighted by molar-refractivity contribution is -0.143. The second kappa shape index (κ2) is 10.3. The van der Waals surface area contributed by atoms with Crippen LogP contribution in [0.25, 0.3) is 0 Å². The van der Waals surface area contributed by atoms with E-state index in [2.05, 4.69) is 0 Å². The quantitative estimate of drug-likeness (QED) is 0.528. The number of benzene rings is 1. The Morgan fingerprint density at radius 2 is 2.00 bits per heavy atom. The predicted molar refractivity (Wildman–Crippen MR) is 79.8 cm³/mol. The van der Waals surface area contributed by atoms with Crippen molar-refractivity contribution >= 4 is 5.97 Å². The normalized spacial score (nSPS) is 10.3. The van der Waals surface area contributed by atoms with Crippen LogP contribution >= 0.6 is 0 Å². The van der Waals surface area contributed by atoms with E-state index in [0.717, 1.165) is 37.0 Å². The van der Waals surface area contributed by atoms with Crippen molar-refractivity contribution in [1.29, 1.82) is 0 Å². The van der Waals surface area contributed by atoms with E-state index in [1.54, 1.807) is 0 Å². The van der Waals surface area contributed by atoms with Gasteiger partial charge < -0.3 is 15.2 Å². The maximum absolute atomic E-state index is 11.1. The molecule has 0 aromatic heterocycles. The molecule has 0 saturated heterocycles. The highest BCUT2D eigenvalue weighted by Gasteiger charge is 2.03. The van der Waals surface area contributed by atoms with E-state index in [1.807, 2.05) is 31.2 Å². The van der Waals surface area contributed by atoms with Crippen molar-refractivity contribution in [2.45, 2.75) is 39.0 Å². The van der Waals surface area contributed by atoms with Crippen LogP contribution in [0.5, 0.6) is 5.75 Å². The molecule has 0 fully saturated rings. The standard InChI is InChI=1S/C16H25NO3/c1-2-19-16(18)10-4-3-7-13-20-15-9-6-5-8-14(15)11-12-17/h5-6,8-9H,2-4,7,10-13,17H2,1H3. The largest absolute Gasteiger partial charge is 0.493 e. The minimum absolute atomic E-state index is 0.110. The summed E-state index contributed by atoms with van der Waals surface area (Å²) in [5.41, 5.74) is 6.73. The van der Waals surface area contributed by atoms with Crippen LogP contribution < -0.4 is 10.5 Å². The molecule has 0 aliphatic carbocycles. The van der Waals surface area contributed by atoms with Crippen molar-refractivity contribution in [3.8, 4) is 5.75 Å². The van der Waals surface area contributed by atoms with Crippen molar-refractivity contribution < 1.29 is 14.3 Å². The number of ether oxygens (including phenoxy) is 2. The summed E-state index contributed by atoms with van der Waals surface area (Å²) in [6, 6.07) is 7.99. The van der Waals surface area contributed by atoms with Crippen molar-refractivity contribution in [3.05, 3.63) is 29.8 Å². The van der Waals surface area contributed by atoms with Crippen molar-refractivity contribution in [3.63, 3.8) is 0 Å². The van der Waals surface area contributed by atoms with Gasteiger partial charge in [-0.1, -0.05) is 18.2 Å². The molecule has 0 aliphatic rings. The van der Waals surface area contributed by atoms with Gasteiger partial charge >= 0.3 is 5.97 Å². The summed E-state index contributed by atoms with van der Waals surface area (Å²) in [6.45, 7) is 3.58. The van der Waals surface area contributed by atoms with Crippen molar-refractivity contribution in [1.82, 2.24) is 0 Å². The van der Waals surface area contributed by atoms with Gasteiger partial charge in [-0.05, 0) is 50.8 Å². The fraction of sp³-hybridized carbons (Fsp3) is 0.562. The summed E-state index contributed by atoms with van der Waals surface area (Å²) in [4.78, 5) is 11.1. The third-order valence-corrected chi connectivity index (χ3v) is 2.97. The Hall–Kier alpha value is -1.55. The maximum atomic E-state index is 11.1. The Balaban J connectivity index is 2.16. The molecule has 4 nitrogen and oxygen atoms in total. The summed E-state index contributed by atoms with van der Waals surface area (Å²) in [5.74, 6) is 0.810. The van der Waals surface area contributed by atoms with Crippen LogP contribution in [0.3, 0.4) is 0 Å². The first-order valence-electron chi connectivity index (χ1n) is 7.34. The Morgan fingerprint density at radius 3 is 2.75 bits per heavy atom. The summed E-state index contributed by atoms with van der Waals surface area (Å²) in [6.07, 6.45) is 4.09. The van der Waals surface area contributed by atoms with Gasteiger partial charge in [0, 0.05) is 6.42 Å². The molecule has 2 N–H and O–H groups in total. The zero-order valence-electron chi connectivity index (χ0n) is 12.3. The SMILES string of the molecule is CCOC(=O)CCCCCOc1ccccc1CCN. The highest BCUT2D eigenvalue weighted by molar-refractivity contribution is 5.69. The predicted octanol–water partition coefficient (Wildman–Crippen LogP) is 2.69. The number of hydrogen-bond donors (Lipinski definition) is 1. The smallest absolute Gasteiger partial charge is 0.305 e. The fourth-order valence-corrected chi connectivity index (χ4v) is 1.97. The molecule has 0 radical (unpaired) electrons. The van der Waals surface area contributed by atoms with Crippen LogP contribution in [0, 0.1) is 0 Å². The molecule has 0 unspecified atom stereocenters. The third-order valence-electron chi connectivity index (χ3n) is 2.97. The topological polar surface area (TPSA) is 61.5 Å². The van der Waals surface area contributed by atoms with Gasteiger partial charge in [0.15, 0.2) is 0 Å². The highest BCUT2D eigenvalue weighted by atomic mass is 16.5. The Kier molecular flexibility index (Phi) is 8.47. The molecule has 0 amide bonds. The number of hydrogen-bond acceptors (Lipinski definition) is 4. The number of nitrogens with two attached hydrogens (primary N) is 1. The molecular formula is C16H25NO3. The van der Waals surface area contributed by atoms with E-state index in [9.17, 15) is 4.79 Å². The lowest BCUT2D eigenvalue weighted by Crippen LogP contribution is -2.06. The van der Waals surface area contributed by atoms with Gasteiger partial charge in [0.1, 0.15) is 5.75 Å². The minimum Gasteiger partial charge on any atom is -0.493 e. The van der Waals surface area contributed by atoms with Crippen molar-refractivity contribution in [2.75, 3.05) is 19.8 Å². The first-order chi connectivity index (χ1) is 9.77. The Labute approximate surface area is 121 Å². The van der Waals surface area contributed by atoms with Gasteiger partial charge in [-0.25, -0.2) is 0 Å². The molecular weight excluding hydrogens is 254 g/mol. The summed E-state index contributed by atoms with van der Waals surface area (Å²) < 4.78 is 10.7. The zero-order valence-corrected chi connectivity index (χ0v) is 12.3. The number of unbranched alkanes of at least 4 members (excludes halogenated alkanes) is 2. The Bertz CT molecular complexity index is 393. The summed E-state index contributed by atoms with van der Waals surface area (Å²) in [7, 11) is 0. The van der Waals surface area contributed by atoms with Crippen molar-refractivity contribution in [2.24, 2.45) is 5.73 Å². The molecule has 0 aliphatic heterocycles. The van der Waals surface area contributed by atoms with E-state index >= 15 is 0 Å². The van der Waals surface area contributed by atoms with Gasteiger partial charge in [-0.3, -0.25) is 4.79 Å². The van der Waals surface area contributed by atoms with E-state index in [0.29, 0.717) is 26.2 Å². The van der Waals surface area contributed by atoms with Gasteiger partial charge in [0.25, 0.3) is 0 Å². The van der Waals surface area contributed by atoms with E-state index in [-0.39, 0.29) is 5.97 Å². The third kappa shape index (κ3) is 6.57. The summed E-state index contributed by atoms with van der Waals surface area (Å²) in [5, 5.41) is 0. The van der Waals surface area contributed by atoms with Crippen LogP contribution in [0.1, 0.15) is 38.2 Å². The molecule has 4 heteroatoms. The minimum atomic E-state index is -0.110. The van der Waals surface area contributed by atoms with Gasteiger partial charge in [-0.15, -0.1) is 0 Å². The van der Waals surface area contributed by atoms with E-state index in [1.165, 1.54) is 0 Å². The fourth-order valence-electron chi connectivity index (χ4n) is 1.97. The number of rotatable bonds is 10. The molecule has 0 heterocycles. The van der Waals surface area contributed by atoms with Gasteiger partial charge in [-0.2, -0.15) is 0 Å². The van der Waals surface area contributed by atoms with Gasteiger partial charge in [0.05, 0.1) is 13.2 Å².